The molecule has 0 bridgehead atoms. The number of carboxylic acids is 1. The average Bonchev–Trinajstić information content (AvgIpc) is 2.95. The molecule has 0 fully saturated rings. The van der Waals surface area contributed by atoms with Gasteiger partial charge in [-0.25, -0.2) is 9.78 Å². The van der Waals surface area contributed by atoms with Gasteiger partial charge in [-0.3, -0.25) is 15.1 Å². The molecule has 0 aliphatic rings. The van der Waals surface area contributed by atoms with E-state index >= 15 is 0 Å². The summed E-state index contributed by atoms with van der Waals surface area (Å²) in [5.74, 6) is -1.95. The number of carbonyl (C=O) groups is 2. The zero-order valence-electron chi connectivity index (χ0n) is 12.2. The Balaban J connectivity index is 1.86. The number of hydrogen-bond acceptors (Lipinski definition) is 5. The number of nitrogens with one attached hydrogen (secondary N) is 1. The molecule has 10 heteroatoms. The van der Waals surface area contributed by atoms with Crippen LogP contribution in [0.25, 0.3) is 10.2 Å². The van der Waals surface area contributed by atoms with Crippen LogP contribution in [0.1, 0.15) is 26.4 Å². The minimum absolute atomic E-state index is 0.0635. The minimum atomic E-state index is -4.58. The normalized spacial score (nSPS) is 11.5. The summed E-state index contributed by atoms with van der Waals surface area (Å²) in [4.78, 5) is 30.7. The Morgan fingerprint density at radius 3 is 2.60 bits per heavy atom. The van der Waals surface area contributed by atoms with Crippen LogP contribution in [0.5, 0.6) is 0 Å². The fourth-order valence-corrected chi connectivity index (χ4v) is 2.90. The van der Waals surface area contributed by atoms with Gasteiger partial charge in [-0.15, -0.1) is 0 Å². The van der Waals surface area contributed by atoms with E-state index in [-0.39, 0.29) is 10.7 Å². The molecule has 0 radical (unpaired) electrons. The number of aromatic carboxylic acids is 1. The van der Waals surface area contributed by atoms with E-state index in [1.807, 2.05) is 0 Å². The molecule has 2 aromatic heterocycles. The molecule has 25 heavy (non-hydrogen) atoms. The van der Waals surface area contributed by atoms with E-state index in [1.54, 1.807) is 0 Å². The van der Waals surface area contributed by atoms with Crippen LogP contribution in [0.3, 0.4) is 0 Å². The molecule has 0 saturated heterocycles. The number of aromatic nitrogens is 2. The summed E-state index contributed by atoms with van der Waals surface area (Å²) < 4.78 is 38.6. The van der Waals surface area contributed by atoms with Crippen molar-refractivity contribution in [2.24, 2.45) is 0 Å². The van der Waals surface area contributed by atoms with Crippen LogP contribution < -0.4 is 5.32 Å². The zero-order valence-corrected chi connectivity index (χ0v) is 13.0. The Kier molecular flexibility index (Phi) is 4.13. The number of thiazole rings is 1. The van der Waals surface area contributed by atoms with Crippen molar-refractivity contribution in [3.8, 4) is 0 Å². The van der Waals surface area contributed by atoms with Crippen molar-refractivity contribution in [1.82, 2.24) is 9.97 Å². The monoisotopic (exact) mass is 367 g/mol. The fourth-order valence-electron chi connectivity index (χ4n) is 2.00. The Morgan fingerprint density at radius 1 is 1.16 bits per heavy atom. The summed E-state index contributed by atoms with van der Waals surface area (Å²) in [6.07, 6.45) is -3.68. The highest BCUT2D eigenvalue weighted by Gasteiger charge is 2.31. The predicted molar refractivity (Wildman–Crippen MR) is 83.8 cm³/mol. The third-order valence-electron chi connectivity index (χ3n) is 3.18. The number of anilines is 1. The van der Waals surface area contributed by atoms with E-state index in [9.17, 15) is 22.8 Å². The number of hydrogen-bond donors (Lipinski definition) is 2. The number of nitrogens with zero attached hydrogens (tertiary/aromatic N) is 2. The lowest BCUT2D eigenvalue weighted by Crippen LogP contribution is -2.15. The van der Waals surface area contributed by atoms with Crippen molar-refractivity contribution in [2.75, 3.05) is 5.32 Å². The molecule has 0 unspecified atom stereocenters. The average molecular weight is 367 g/mol. The van der Waals surface area contributed by atoms with Gasteiger partial charge in [0.1, 0.15) is 5.69 Å². The highest BCUT2D eigenvalue weighted by molar-refractivity contribution is 7.22. The van der Waals surface area contributed by atoms with Crippen molar-refractivity contribution in [1.29, 1.82) is 0 Å². The standard InChI is InChI=1S/C15H8F3N3O3S/c16-15(17,18)8-3-4-19-10(6-8)12(22)21-14-20-9-2-1-7(13(23)24)5-11(9)25-14/h1-6H,(H,23,24)(H,20,21,22). The molecule has 0 aliphatic carbocycles. The molecule has 1 amide bonds. The van der Waals surface area contributed by atoms with Crippen molar-refractivity contribution >= 4 is 38.6 Å². The highest BCUT2D eigenvalue weighted by Crippen LogP contribution is 2.30. The predicted octanol–water partition coefficient (Wildman–Crippen LogP) is 3.66. The van der Waals surface area contributed by atoms with Crippen LogP contribution in [0, 0.1) is 0 Å². The first-order valence-electron chi connectivity index (χ1n) is 6.72. The topological polar surface area (TPSA) is 92.2 Å². The number of carbonyl (C=O) groups excluding carboxylic acids is 1. The van der Waals surface area contributed by atoms with Gasteiger partial charge in [-0.2, -0.15) is 13.2 Å². The van der Waals surface area contributed by atoms with Gasteiger partial charge in [0, 0.05) is 6.20 Å². The Labute approximate surface area is 142 Å². The molecule has 6 nitrogen and oxygen atoms in total. The number of alkyl halides is 3. The van der Waals surface area contributed by atoms with Crippen LogP contribution in [0.2, 0.25) is 0 Å². The fraction of sp³-hybridized carbons (Fsp3) is 0.0667. The lowest BCUT2D eigenvalue weighted by Gasteiger charge is -2.07. The van der Waals surface area contributed by atoms with Gasteiger partial charge in [0.15, 0.2) is 5.13 Å². The van der Waals surface area contributed by atoms with Gasteiger partial charge >= 0.3 is 12.1 Å². The second-order valence-electron chi connectivity index (χ2n) is 4.89. The maximum atomic E-state index is 12.7. The molecule has 1 aromatic carbocycles. The molecule has 128 valence electrons. The first kappa shape index (κ1) is 16.8. The largest absolute Gasteiger partial charge is 0.478 e. The SMILES string of the molecule is O=C(O)c1ccc2nc(NC(=O)c3cc(C(F)(F)F)ccn3)sc2c1. The molecule has 0 spiro atoms. The van der Waals surface area contributed by atoms with E-state index in [1.165, 1.54) is 18.2 Å². The zero-order chi connectivity index (χ0) is 18.2. The lowest BCUT2D eigenvalue weighted by molar-refractivity contribution is -0.137. The van der Waals surface area contributed by atoms with Gasteiger partial charge in [0.25, 0.3) is 5.91 Å². The summed E-state index contributed by atoms with van der Waals surface area (Å²) >= 11 is 1.01. The van der Waals surface area contributed by atoms with Crippen LogP contribution in [-0.4, -0.2) is 27.0 Å². The Morgan fingerprint density at radius 2 is 1.92 bits per heavy atom. The van der Waals surface area contributed by atoms with Gasteiger partial charge in [-0.1, -0.05) is 11.3 Å². The summed E-state index contributed by atoms with van der Waals surface area (Å²) in [6.45, 7) is 0. The highest BCUT2D eigenvalue weighted by atomic mass is 32.1. The molecule has 0 aliphatic heterocycles. The van der Waals surface area contributed by atoms with Crippen LogP contribution in [0.4, 0.5) is 18.3 Å². The quantitative estimate of drug-likeness (QED) is 0.737. The Hall–Kier alpha value is -3.01. The minimum Gasteiger partial charge on any atom is -0.478 e. The molecular formula is C15H8F3N3O3S. The second kappa shape index (κ2) is 6.13. The number of amides is 1. The molecule has 0 saturated carbocycles. The third-order valence-corrected chi connectivity index (χ3v) is 4.11. The second-order valence-corrected chi connectivity index (χ2v) is 5.92. The molecule has 2 N–H and O–H groups in total. The lowest BCUT2D eigenvalue weighted by atomic mass is 10.2. The van der Waals surface area contributed by atoms with Gasteiger partial charge in [0.05, 0.1) is 21.3 Å². The summed E-state index contributed by atoms with van der Waals surface area (Å²) in [6, 6.07) is 5.65. The van der Waals surface area contributed by atoms with Gasteiger partial charge in [-0.05, 0) is 30.3 Å². The van der Waals surface area contributed by atoms with Gasteiger partial charge in [0.2, 0.25) is 0 Å². The van der Waals surface area contributed by atoms with E-state index in [0.717, 1.165) is 23.6 Å². The van der Waals surface area contributed by atoms with E-state index in [0.29, 0.717) is 16.3 Å². The summed E-state index contributed by atoms with van der Waals surface area (Å²) in [5.41, 5.74) is -0.862. The number of fused-ring (bicyclic) bond motifs is 1. The van der Waals surface area contributed by atoms with E-state index in [2.05, 4.69) is 15.3 Å². The number of carboxylic acid groups (broad SMARTS) is 1. The third kappa shape index (κ3) is 3.58. The summed E-state index contributed by atoms with van der Waals surface area (Å²) in [5, 5.41) is 11.4. The van der Waals surface area contributed by atoms with Crippen molar-refractivity contribution in [3.05, 3.63) is 53.3 Å². The first-order valence-corrected chi connectivity index (χ1v) is 7.54. The van der Waals surface area contributed by atoms with Crippen molar-refractivity contribution < 1.29 is 27.9 Å². The molecule has 2 heterocycles. The maximum Gasteiger partial charge on any atom is 0.416 e. The smallest absolute Gasteiger partial charge is 0.416 e. The molecule has 3 aromatic rings. The first-order chi connectivity index (χ1) is 11.7. The molecular weight excluding hydrogens is 359 g/mol. The van der Waals surface area contributed by atoms with Crippen molar-refractivity contribution in [3.63, 3.8) is 0 Å². The molecule has 3 rings (SSSR count). The van der Waals surface area contributed by atoms with Crippen molar-refractivity contribution in [2.45, 2.75) is 6.18 Å². The van der Waals surface area contributed by atoms with Crippen LogP contribution in [-0.2, 0) is 6.18 Å². The van der Waals surface area contributed by atoms with Gasteiger partial charge < -0.3 is 5.11 Å². The van der Waals surface area contributed by atoms with Crippen LogP contribution >= 0.6 is 11.3 Å². The number of benzene rings is 1. The van der Waals surface area contributed by atoms with E-state index in [4.69, 9.17) is 5.11 Å². The summed E-state index contributed by atoms with van der Waals surface area (Å²) in [7, 11) is 0. The molecule has 0 atom stereocenters. The Bertz CT molecular complexity index is 985. The number of halogens is 3. The van der Waals surface area contributed by atoms with Crippen LogP contribution in [0.15, 0.2) is 36.5 Å². The van der Waals surface area contributed by atoms with E-state index < -0.39 is 29.3 Å². The number of rotatable bonds is 3. The maximum absolute atomic E-state index is 12.7. The number of pyridine rings is 1.